The smallest absolute Gasteiger partial charge is 0 e. The Morgan fingerprint density at radius 3 is 0.562 bits per heavy atom. The van der Waals surface area contributed by atoms with Crippen molar-refractivity contribution in [3.63, 3.8) is 0 Å². The van der Waals surface area contributed by atoms with E-state index in [4.69, 9.17) is 21.6 Å². The summed E-state index contributed by atoms with van der Waals surface area (Å²) in [4.78, 5) is 0. The number of hydrogen-bond donors (Lipinski definition) is 3. The number of quaternary nitrogens is 1. The molecule has 0 amide bonds. The van der Waals surface area contributed by atoms with Gasteiger partial charge in [0.25, 0.3) is 0 Å². The first kappa shape index (κ1) is 57.5. The van der Waals surface area contributed by atoms with Crippen molar-refractivity contribution in [2.24, 2.45) is 0 Å². The Bertz CT molecular complexity index is 160. The van der Waals surface area contributed by atoms with Crippen LogP contribution in [0.5, 0.6) is 0 Å². The molecular weight excluding hydrogens is 326 g/mol. The second-order valence-electron chi connectivity index (χ2n) is 0.365. The Hall–Kier alpha value is -0.388. The van der Waals surface area contributed by atoms with Gasteiger partial charge in [-0.05, 0) is 0 Å². The topological polar surface area (TPSA) is 196 Å². The number of hydrogen-bond acceptors (Lipinski definition) is 6. The van der Waals surface area contributed by atoms with Crippen LogP contribution in [0, 0.1) is 0 Å². The fourth-order valence-corrected chi connectivity index (χ4v) is 0. The Morgan fingerprint density at radius 2 is 0.562 bits per heavy atom. The molecule has 0 fully saturated rings. The van der Waals surface area contributed by atoms with E-state index in [1.54, 1.807) is 0 Å². The first-order chi connectivity index (χ1) is 5.66. The van der Waals surface area contributed by atoms with Crippen molar-refractivity contribution in [3.05, 3.63) is 21.6 Å². The van der Waals surface area contributed by atoms with Crippen LogP contribution in [-0.2, 0) is 17.4 Å². The fraction of sp³-hybridized carbons (Fsp3) is 0. The molecule has 0 radical (unpaired) electrons. The van der Waals surface area contributed by atoms with Crippen LogP contribution in [0.3, 0.4) is 0 Å². The molecule has 0 aromatic rings. The Morgan fingerprint density at radius 1 is 0.562 bits per heavy atom. The summed E-state index contributed by atoms with van der Waals surface area (Å²) in [6.07, 6.45) is 0. The second kappa shape index (κ2) is 207. The summed E-state index contributed by atoms with van der Waals surface area (Å²) in [7, 11) is 0. The van der Waals surface area contributed by atoms with Crippen molar-refractivity contribution >= 4 is 69.5 Å². The maximum absolute atomic E-state index is 7.13. The van der Waals surface area contributed by atoms with Crippen LogP contribution in [0.1, 0.15) is 0 Å². The third kappa shape index (κ3) is 14400. The number of thiocarbonyl (C=S) groups is 4. The fourth-order valence-electron chi connectivity index (χ4n) is 0. The third-order valence-electron chi connectivity index (χ3n) is 0. The molecule has 0 aliphatic rings. The van der Waals surface area contributed by atoms with Gasteiger partial charge >= 0.3 is 0 Å². The second-order valence-corrected chi connectivity index (χ2v) is 1.10. The zero-order valence-electron chi connectivity index (χ0n) is 8.24. The van der Waals surface area contributed by atoms with E-state index in [1.165, 1.54) is 20.6 Å². The summed E-state index contributed by atoms with van der Waals surface area (Å²) in [5.74, 6) is 0. The molecule has 0 unspecified atom stereocenters. The Kier molecular flexibility index (Phi) is 746. The van der Waals surface area contributed by atoms with Gasteiger partial charge in [-0.2, -0.15) is 20.6 Å². The SMILES string of the molecule is N.N.[Cr].[N-]=C=S.[N-]=C=S.[N-]=C=S.[N-]=C=S.[NH4+]. The molecule has 0 aliphatic carbocycles. The normalized spacial score (nSPS) is 2.00. The molecule has 10 N–H and O–H groups in total. The quantitative estimate of drug-likeness (QED) is 0.447. The first-order valence-electron chi connectivity index (χ1n) is 1.71. The van der Waals surface area contributed by atoms with Crippen LogP contribution >= 0.6 is 48.9 Å². The standard InChI is InChI=1S/4CNS.Cr.3H3N/c4*2-1-3;;;;/h;;;;;3*1H3/q4*-1;;;;/p+1. The van der Waals surface area contributed by atoms with Gasteiger partial charge in [-0.3, -0.25) is 0 Å². The van der Waals surface area contributed by atoms with Crippen LogP contribution < -0.4 is 18.5 Å². The minimum atomic E-state index is 0. The molecule has 0 heterocycles. The molecule has 0 aromatic heterocycles. The van der Waals surface area contributed by atoms with Crippen molar-refractivity contribution in [1.82, 2.24) is 18.5 Å². The van der Waals surface area contributed by atoms with E-state index in [9.17, 15) is 0 Å². The molecule has 0 aromatic carbocycles. The summed E-state index contributed by atoms with van der Waals surface area (Å²) >= 11 is 14.8. The summed E-state index contributed by atoms with van der Waals surface area (Å²) in [5.41, 5.74) is 0. The van der Waals surface area contributed by atoms with Crippen molar-refractivity contribution in [1.29, 1.82) is 0 Å². The molecule has 0 saturated carbocycles. The summed E-state index contributed by atoms with van der Waals surface area (Å²) in [6, 6.07) is 0. The summed E-state index contributed by atoms with van der Waals surface area (Å²) in [5, 5.41) is 33.9. The molecule has 7 nitrogen and oxygen atoms in total. The van der Waals surface area contributed by atoms with Crippen molar-refractivity contribution in [2.45, 2.75) is 0 Å². The molecular formula is C4H10CrN7S4-3. The molecule has 0 spiro atoms. The predicted molar refractivity (Wildman–Crippen MR) is 79.9 cm³/mol. The van der Waals surface area contributed by atoms with E-state index < -0.39 is 0 Å². The van der Waals surface area contributed by atoms with E-state index in [0.29, 0.717) is 0 Å². The van der Waals surface area contributed by atoms with Crippen LogP contribution in [0.4, 0.5) is 0 Å². The van der Waals surface area contributed by atoms with E-state index in [0.717, 1.165) is 0 Å². The average Bonchev–Trinajstić information content (AvgIpc) is 1.92. The number of isothiocyanates is 4. The van der Waals surface area contributed by atoms with Gasteiger partial charge in [-0.15, -0.1) is 0 Å². The molecule has 0 rings (SSSR count). The van der Waals surface area contributed by atoms with Gasteiger partial charge < -0.3 is 40.1 Å². The molecule has 94 valence electrons. The van der Waals surface area contributed by atoms with Gasteiger partial charge in [0.15, 0.2) is 0 Å². The van der Waals surface area contributed by atoms with Crippen LogP contribution in [0.25, 0.3) is 21.6 Å². The van der Waals surface area contributed by atoms with Gasteiger partial charge in [0, 0.05) is 17.4 Å². The molecule has 16 heavy (non-hydrogen) atoms. The van der Waals surface area contributed by atoms with Gasteiger partial charge in [-0.25, -0.2) is 0 Å². The van der Waals surface area contributed by atoms with Crippen LogP contribution in [-0.4, -0.2) is 20.6 Å². The summed E-state index contributed by atoms with van der Waals surface area (Å²) < 4.78 is 0. The monoisotopic (exact) mass is 336 g/mol. The van der Waals surface area contributed by atoms with E-state index in [-0.39, 0.29) is 35.8 Å². The van der Waals surface area contributed by atoms with Crippen molar-refractivity contribution < 1.29 is 17.4 Å². The van der Waals surface area contributed by atoms with E-state index in [1.807, 2.05) is 0 Å². The average molecular weight is 336 g/mol. The van der Waals surface area contributed by atoms with Gasteiger partial charge in [0.1, 0.15) is 0 Å². The van der Waals surface area contributed by atoms with Crippen molar-refractivity contribution in [3.8, 4) is 0 Å². The van der Waals surface area contributed by atoms with E-state index >= 15 is 0 Å². The summed E-state index contributed by atoms with van der Waals surface area (Å²) in [6.45, 7) is 0. The Labute approximate surface area is 126 Å². The van der Waals surface area contributed by atoms with Gasteiger partial charge in [0.2, 0.25) is 0 Å². The predicted octanol–water partition coefficient (Wildman–Crippen LogP) is 3.33. The van der Waals surface area contributed by atoms with Crippen LogP contribution in [0.2, 0.25) is 0 Å². The number of nitrogens with zero attached hydrogens (tertiary/aromatic N) is 4. The first-order valence-corrected chi connectivity index (χ1v) is 3.34. The largest absolute Gasteiger partial charge is 0.753 e. The minimum absolute atomic E-state index is 0. The van der Waals surface area contributed by atoms with Gasteiger partial charge in [-0.1, -0.05) is 48.9 Å². The van der Waals surface area contributed by atoms with Gasteiger partial charge in [0.05, 0.1) is 0 Å². The van der Waals surface area contributed by atoms with Crippen LogP contribution in [0.15, 0.2) is 0 Å². The third-order valence-corrected chi connectivity index (χ3v) is 0. The number of rotatable bonds is 0. The molecule has 0 saturated heterocycles. The minimum Gasteiger partial charge on any atom is -0.753 e. The molecule has 0 atom stereocenters. The molecule has 0 aliphatic heterocycles. The van der Waals surface area contributed by atoms with E-state index in [2.05, 4.69) is 48.9 Å². The maximum atomic E-state index is 7.13. The molecule has 0 bridgehead atoms. The zero-order valence-corrected chi connectivity index (χ0v) is 12.8. The van der Waals surface area contributed by atoms with Crippen molar-refractivity contribution in [2.75, 3.05) is 0 Å². The molecule has 12 heteroatoms. The Balaban J connectivity index is -0.00000000821. The maximum Gasteiger partial charge on any atom is 0 e. The zero-order chi connectivity index (χ0) is 10.8.